The van der Waals surface area contributed by atoms with Crippen molar-refractivity contribution in [2.45, 2.75) is 32.6 Å². The van der Waals surface area contributed by atoms with E-state index in [0.717, 1.165) is 12.3 Å². The first kappa shape index (κ1) is 8.91. The molecule has 0 amide bonds. The smallest absolute Gasteiger partial charge is 0.0956 e. The lowest BCUT2D eigenvalue weighted by molar-refractivity contribution is 0.356. The van der Waals surface area contributed by atoms with Gasteiger partial charge in [0.15, 0.2) is 0 Å². The van der Waals surface area contributed by atoms with Gasteiger partial charge in [-0.25, -0.2) is 0 Å². The fourth-order valence-electron chi connectivity index (χ4n) is 0.992. The fourth-order valence-corrected chi connectivity index (χ4v) is 2.19. The van der Waals surface area contributed by atoms with Gasteiger partial charge in [-0.2, -0.15) is 5.10 Å². The lowest BCUT2D eigenvalue weighted by Gasteiger charge is -2.10. The van der Waals surface area contributed by atoms with E-state index < -0.39 is 0 Å². The van der Waals surface area contributed by atoms with E-state index in [2.05, 4.69) is 25.9 Å². The summed E-state index contributed by atoms with van der Waals surface area (Å²) < 4.78 is 0. The Kier molecular flexibility index (Phi) is 2.82. The molecule has 11 heavy (non-hydrogen) atoms. The summed E-state index contributed by atoms with van der Waals surface area (Å²) in [6.45, 7) is 6.64. The molecule has 1 rings (SSSR count). The summed E-state index contributed by atoms with van der Waals surface area (Å²) in [5, 5.41) is 8.27. The second-order valence-corrected chi connectivity index (χ2v) is 4.77. The van der Waals surface area contributed by atoms with E-state index in [4.69, 9.17) is 0 Å². The molecule has 1 unspecified atom stereocenters. The molecular weight excluding hydrogens is 156 g/mol. The first-order valence-corrected chi connectivity index (χ1v) is 4.94. The molecule has 1 atom stereocenters. The SMILES string of the molecule is CC(C)CC1=NN(C)C(C)S1. The van der Waals surface area contributed by atoms with Gasteiger partial charge >= 0.3 is 0 Å². The van der Waals surface area contributed by atoms with E-state index in [1.807, 2.05) is 23.8 Å². The molecule has 1 aliphatic rings. The molecule has 1 aliphatic heterocycles. The number of rotatable bonds is 2. The summed E-state index contributed by atoms with van der Waals surface area (Å²) in [5.74, 6) is 0.722. The zero-order valence-electron chi connectivity index (χ0n) is 7.66. The number of thioether (sulfide) groups is 1. The Bertz CT molecular complexity index is 165. The molecule has 3 heteroatoms. The van der Waals surface area contributed by atoms with Crippen molar-refractivity contribution in [2.75, 3.05) is 7.05 Å². The Labute approximate surface area is 73.0 Å². The number of nitrogens with zero attached hydrogens (tertiary/aromatic N) is 2. The van der Waals surface area contributed by atoms with Crippen LogP contribution in [0.3, 0.4) is 0 Å². The van der Waals surface area contributed by atoms with Crippen LogP contribution in [-0.2, 0) is 0 Å². The standard InChI is InChI=1S/C8H16N2S/c1-6(2)5-8-9-10(4)7(3)11-8/h6-7H,5H2,1-4H3. The van der Waals surface area contributed by atoms with Gasteiger partial charge in [0.25, 0.3) is 0 Å². The van der Waals surface area contributed by atoms with Crippen molar-refractivity contribution >= 4 is 16.8 Å². The predicted octanol–water partition coefficient (Wildman–Crippen LogP) is 2.37. The third-order valence-electron chi connectivity index (χ3n) is 1.68. The maximum atomic E-state index is 4.42. The number of hydrogen-bond donors (Lipinski definition) is 0. The van der Waals surface area contributed by atoms with Crippen molar-refractivity contribution in [1.82, 2.24) is 5.01 Å². The highest BCUT2D eigenvalue weighted by Crippen LogP contribution is 2.26. The van der Waals surface area contributed by atoms with Crippen LogP contribution >= 0.6 is 11.8 Å². The highest BCUT2D eigenvalue weighted by molar-refractivity contribution is 8.14. The lowest BCUT2D eigenvalue weighted by Crippen LogP contribution is -2.14. The van der Waals surface area contributed by atoms with Crippen LogP contribution in [0.25, 0.3) is 0 Å². The van der Waals surface area contributed by atoms with Gasteiger partial charge in [-0.15, -0.1) is 0 Å². The molecule has 0 radical (unpaired) electrons. The lowest BCUT2D eigenvalue weighted by atomic mass is 10.1. The van der Waals surface area contributed by atoms with E-state index >= 15 is 0 Å². The molecule has 0 saturated heterocycles. The second kappa shape index (κ2) is 3.48. The monoisotopic (exact) mass is 172 g/mol. The molecule has 0 N–H and O–H groups in total. The van der Waals surface area contributed by atoms with Gasteiger partial charge in [0, 0.05) is 7.05 Å². The predicted molar refractivity (Wildman–Crippen MR) is 51.7 cm³/mol. The van der Waals surface area contributed by atoms with Gasteiger partial charge in [0.2, 0.25) is 0 Å². The largest absolute Gasteiger partial charge is 0.286 e. The average molecular weight is 172 g/mol. The van der Waals surface area contributed by atoms with Crippen LogP contribution in [0.5, 0.6) is 0 Å². The van der Waals surface area contributed by atoms with Crippen LogP contribution in [0.15, 0.2) is 5.10 Å². The first-order valence-electron chi connectivity index (χ1n) is 4.06. The Morgan fingerprint density at radius 1 is 1.64 bits per heavy atom. The third-order valence-corrected chi connectivity index (χ3v) is 2.85. The van der Waals surface area contributed by atoms with Gasteiger partial charge < -0.3 is 0 Å². The summed E-state index contributed by atoms with van der Waals surface area (Å²) in [4.78, 5) is 0. The molecule has 0 bridgehead atoms. The summed E-state index contributed by atoms with van der Waals surface area (Å²) in [6, 6.07) is 0. The van der Waals surface area contributed by atoms with Crippen molar-refractivity contribution in [3.63, 3.8) is 0 Å². The van der Waals surface area contributed by atoms with Gasteiger partial charge in [0.1, 0.15) is 0 Å². The van der Waals surface area contributed by atoms with Crippen LogP contribution in [0.1, 0.15) is 27.2 Å². The molecule has 0 aromatic rings. The van der Waals surface area contributed by atoms with E-state index in [-0.39, 0.29) is 0 Å². The molecule has 1 heterocycles. The van der Waals surface area contributed by atoms with Crippen LogP contribution in [-0.4, -0.2) is 22.5 Å². The van der Waals surface area contributed by atoms with Gasteiger partial charge in [-0.05, 0) is 19.3 Å². The highest BCUT2D eigenvalue weighted by Gasteiger charge is 2.19. The normalized spacial score (nSPS) is 24.6. The van der Waals surface area contributed by atoms with E-state index in [1.165, 1.54) is 5.04 Å². The second-order valence-electron chi connectivity index (χ2n) is 3.38. The maximum Gasteiger partial charge on any atom is 0.0956 e. The van der Waals surface area contributed by atoms with Crippen LogP contribution in [0.2, 0.25) is 0 Å². The molecule has 0 aromatic carbocycles. The zero-order chi connectivity index (χ0) is 8.43. The van der Waals surface area contributed by atoms with Crippen molar-refractivity contribution in [1.29, 1.82) is 0 Å². The van der Waals surface area contributed by atoms with E-state index in [9.17, 15) is 0 Å². The van der Waals surface area contributed by atoms with Gasteiger partial charge in [0.05, 0.1) is 10.4 Å². The van der Waals surface area contributed by atoms with Crippen molar-refractivity contribution in [2.24, 2.45) is 11.0 Å². The fraction of sp³-hybridized carbons (Fsp3) is 0.875. The molecule has 2 nitrogen and oxygen atoms in total. The molecule has 0 spiro atoms. The number of hydrazone groups is 1. The molecule has 64 valence electrons. The Balaban J connectivity index is 2.43. The molecule has 0 aromatic heterocycles. The van der Waals surface area contributed by atoms with E-state index in [0.29, 0.717) is 5.37 Å². The van der Waals surface area contributed by atoms with Crippen molar-refractivity contribution in [3.8, 4) is 0 Å². The minimum atomic E-state index is 0.531. The van der Waals surface area contributed by atoms with Crippen LogP contribution in [0, 0.1) is 5.92 Å². The van der Waals surface area contributed by atoms with Gasteiger partial charge in [-0.3, -0.25) is 5.01 Å². The molecule has 0 aliphatic carbocycles. The number of hydrogen-bond acceptors (Lipinski definition) is 3. The van der Waals surface area contributed by atoms with Crippen LogP contribution in [0.4, 0.5) is 0 Å². The topological polar surface area (TPSA) is 15.6 Å². The summed E-state index contributed by atoms with van der Waals surface area (Å²) in [5.41, 5.74) is 0. The van der Waals surface area contributed by atoms with Crippen LogP contribution < -0.4 is 0 Å². The van der Waals surface area contributed by atoms with Crippen molar-refractivity contribution in [3.05, 3.63) is 0 Å². The minimum Gasteiger partial charge on any atom is -0.286 e. The van der Waals surface area contributed by atoms with Crippen molar-refractivity contribution < 1.29 is 0 Å². The maximum absolute atomic E-state index is 4.42. The van der Waals surface area contributed by atoms with Gasteiger partial charge in [-0.1, -0.05) is 25.6 Å². The summed E-state index contributed by atoms with van der Waals surface area (Å²) in [6.07, 6.45) is 1.12. The third kappa shape index (κ3) is 2.40. The Hall–Kier alpha value is -0.180. The minimum absolute atomic E-state index is 0.531. The Morgan fingerprint density at radius 2 is 2.27 bits per heavy atom. The first-order chi connectivity index (χ1) is 5.09. The molecule has 0 fully saturated rings. The highest BCUT2D eigenvalue weighted by atomic mass is 32.2. The molecular formula is C8H16N2S. The quantitative estimate of drug-likeness (QED) is 0.635. The zero-order valence-corrected chi connectivity index (χ0v) is 8.48. The Morgan fingerprint density at radius 3 is 2.64 bits per heavy atom. The average Bonchev–Trinajstić information content (AvgIpc) is 2.10. The summed E-state index contributed by atoms with van der Waals surface area (Å²) >= 11 is 1.88. The summed E-state index contributed by atoms with van der Waals surface area (Å²) in [7, 11) is 2.03. The van der Waals surface area contributed by atoms with E-state index in [1.54, 1.807) is 0 Å². The molecule has 0 saturated carbocycles.